The van der Waals surface area contributed by atoms with Crippen molar-refractivity contribution in [3.05, 3.63) is 30.2 Å². The van der Waals surface area contributed by atoms with E-state index in [1.165, 1.54) is 4.57 Å². The first kappa shape index (κ1) is 20.0. The second-order valence-corrected chi connectivity index (χ2v) is 12.8. The molecule has 1 N–H and O–H groups in total. The van der Waals surface area contributed by atoms with Crippen LogP contribution in [0.3, 0.4) is 0 Å². The fraction of sp³-hybridized carbons (Fsp3) is 0.444. The molecule has 1 aromatic carbocycles. The number of hydrogen-bond acceptors (Lipinski definition) is 5. The lowest BCUT2D eigenvalue weighted by Gasteiger charge is -2.15. The largest absolute Gasteiger partial charge is 0.493 e. The van der Waals surface area contributed by atoms with Crippen LogP contribution in [0.4, 0.5) is 0 Å². The van der Waals surface area contributed by atoms with Crippen molar-refractivity contribution in [2.24, 2.45) is 0 Å². The Kier molecular flexibility index (Phi) is 6.44. The van der Waals surface area contributed by atoms with Gasteiger partial charge in [-0.1, -0.05) is 19.6 Å². The standard InChI is InChI=1S/C18H26N2O5Si/c1-23-15-7-6-13(10-16(15)24-2)14-11-20(17(19-14)18(21)22)12-25-8-9-26(3,4)5/h6-7,10-11H,8-9,12H2,1-5H3,(H,21,22). The molecule has 7 nitrogen and oxygen atoms in total. The van der Waals surface area contributed by atoms with Crippen molar-refractivity contribution in [3.8, 4) is 22.8 Å². The van der Waals surface area contributed by atoms with Crippen LogP contribution >= 0.6 is 0 Å². The summed E-state index contributed by atoms with van der Waals surface area (Å²) < 4.78 is 17.7. The Balaban J connectivity index is 2.22. The molecule has 0 radical (unpaired) electrons. The molecule has 0 saturated heterocycles. The number of nitrogens with zero attached hydrogens (tertiary/aromatic N) is 2. The van der Waals surface area contributed by atoms with Crippen molar-refractivity contribution in [3.63, 3.8) is 0 Å². The first-order chi connectivity index (χ1) is 12.2. The second kappa shape index (κ2) is 8.37. The van der Waals surface area contributed by atoms with Crippen molar-refractivity contribution in [2.75, 3.05) is 20.8 Å². The van der Waals surface area contributed by atoms with Crippen LogP contribution in [0, 0.1) is 0 Å². The van der Waals surface area contributed by atoms with Crippen LogP contribution in [-0.2, 0) is 11.5 Å². The van der Waals surface area contributed by atoms with Crippen molar-refractivity contribution >= 4 is 14.0 Å². The summed E-state index contributed by atoms with van der Waals surface area (Å²) in [6.07, 6.45) is 1.68. The molecule has 0 fully saturated rings. The predicted octanol–water partition coefficient (Wildman–Crippen LogP) is 3.58. The molecule has 2 aromatic rings. The van der Waals surface area contributed by atoms with E-state index in [0.29, 0.717) is 23.8 Å². The third kappa shape index (κ3) is 5.09. The minimum absolute atomic E-state index is 0.0530. The maximum absolute atomic E-state index is 11.5. The lowest BCUT2D eigenvalue weighted by Crippen LogP contribution is -2.22. The number of aromatic nitrogens is 2. The van der Waals surface area contributed by atoms with Gasteiger partial charge < -0.3 is 23.9 Å². The van der Waals surface area contributed by atoms with Gasteiger partial charge in [-0.3, -0.25) is 0 Å². The van der Waals surface area contributed by atoms with Crippen molar-refractivity contribution in [2.45, 2.75) is 32.4 Å². The van der Waals surface area contributed by atoms with Gasteiger partial charge in [0, 0.05) is 26.4 Å². The van der Waals surface area contributed by atoms with Crippen LogP contribution in [0.25, 0.3) is 11.3 Å². The van der Waals surface area contributed by atoms with Gasteiger partial charge in [-0.15, -0.1) is 0 Å². The lowest BCUT2D eigenvalue weighted by molar-refractivity contribution is 0.0613. The number of methoxy groups -OCH3 is 2. The molecule has 0 saturated carbocycles. The SMILES string of the molecule is COc1ccc(-c2cn(COCC[Si](C)(C)C)c(C(=O)O)n2)cc1OC. The van der Waals surface area contributed by atoms with Gasteiger partial charge in [0.1, 0.15) is 6.73 Å². The predicted molar refractivity (Wildman–Crippen MR) is 102 cm³/mol. The van der Waals surface area contributed by atoms with Crippen molar-refractivity contribution < 1.29 is 24.1 Å². The molecule has 8 heteroatoms. The number of carboxylic acids is 1. The Labute approximate surface area is 154 Å². The van der Waals surface area contributed by atoms with Gasteiger partial charge in [0.2, 0.25) is 5.82 Å². The molecule has 2 rings (SSSR count). The summed E-state index contributed by atoms with van der Waals surface area (Å²) in [4.78, 5) is 15.7. The molecule has 0 aliphatic rings. The molecule has 142 valence electrons. The summed E-state index contributed by atoms with van der Waals surface area (Å²) in [6.45, 7) is 7.58. The van der Waals surface area contributed by atoms with E-state index < -0.39 is 14.0 Å². The normalized spacial score (nSPS) is 11.4. The minimum Gasteiger partial charge on any atom is -0.493 e. The Hall–Kier alpha value is -2.32. The highest BCUT2D eigenvalue weighted by Gasteiger charge is 2.18. The highest BCUT2D eigenvalue weighted by atomic mass is 28.3. The molecular formula is C18H26N2O5Si. The summed E-state index contributed by atoms with van der Waals surface area (Å²) >= 11 is 0. The van der Waals surface area contributed by atoms with E-state index in [2.05, 4.69) is 24.6 Å². The molecule has 0 bridgehead atoms. The lowest BCUT2D eigenvalue weighted by atomic mass is 10.1. The minimum atomic E-state index is -1.19. The number of benzene rings is 1. The molecule has 0 amide bonds. The molecule has 0 spiro atoms. The first-order valence-corrected chi connectivity index (χ1v) is 12.1. The topological polar surface area (TPSA) is 82.8 Å². The van der Waals surface area contributed by atoms with E-state index in [9.17, 15) is 9.90 Å². The summed E-state index contributed by atoms with van der Waals surface area (Å²) in [5, 5.41) is 9.42. The van der Waals surface area contributed by atoms with Crippen LogP contribution in [0.15, 0.2) is 24.4 Å². The smallest absolute Gasteiger partial charge is 0.372 e. The number of ether oxygens (including phenoxy) is 3. The van der Waals surface area contributed by atoms with Gasteiger partial charge in [-0.05, 0) is 24.2 Å². The second-order valence-electron chi connectivity index (χ2n) is 7.14. The number of aromatic carboxylic acids is 1. The molecule has 1 aromatic heterocycles. The van der Waals surface area contributed by atoms with E-state index >= 15 is 0 Å². The Morgan fingerprint density at radius 3 is 2.46 bits per heavy atom. The number of carboxylic acid groups (broad SMARTS) is 1. The quantitative estimate of drug-likeness (QED) is 0.530. The number of carbonyl (C=O) groups is 1. The van der Waals surface area contributed by atoms with Crippen molar-refractivity contribution in [1.29, 1.82) is 0 Å². The van der Waals surface area contributed by atoms with E-state index in [4.69, 9.17) is 14.2 Å². The van der Waals surface area contributed by atoms with E-state index in [1.807, 2.05) is 6.07 Å². The fourth-order valence-electron chi connectivity index (χ4n) is 2.36. The third-order valence-corrected chi connectivity index (χ3v) is 5.58. The maximum Gasteiger partial charge on any atom is 0.372 e. The van der Waals surface area contributed by atoms with Gasteiger partial charge in [-0.25, -0.2) is 9.78 Å². The van der Waals surface area contributed by atoms with Gasteiger partial charge in [0.15, 0.2) is 11.5 Å². The van der Waals surface area contributed by atoms with Crippen LogP contribution in [-0.4, -0.2) is 49.5 Å². The average Bonchev–Trinajstić information content (AvgIpc) is 3.01. The van der Waals surface area contributed by atoms with E-state index in [-0.39, 0.29) is 12.6 Å². The molecule has 0 aliphatic heterocycles. The van der Waals surface area contributed by atoms with Gasteiger partial charge in [0.05, 0.1) is 19.9 Å². The Morgan fingerprint density at radius 1 is 1.19 bits per heavy atom. The summed E-state index contributed by atoms with van der Waals surface area (Å²) in [5.41, 5.74) is 1.28. The van der Waals surface area contributed by atoms with Crippen molar-refractivity contribution in [1.82, 2.24) is 9.55 Å². The number of imidazole rings is 1. The van der Waals surface area contributed by atoms with Gasteiger partial charge >= 0.3 is 5.97 Å². The van der Waals surface area contributed by atoms with Gasteiger partial charge in [-0.2, -0.15) is 0 Å². The highest BCUT2D eigenvalue weighted by Crippen LogP contribution is 2.32. The first-order valence-electron chi connectivity index (χ1n) is 8.36. The molecular weight excluding hydrogens is 352 g/mol. The van der Waals surface area contributed by atoms with E-state index in [0.717, 1.165) is 11.6 Å². The molecule has 26 heavy (non-hydrogen) atoms. The zero-order chi connectivity index (χ0) is 19.3. The van der Waals surface area contributed by atoms with Crippen LogP contribution in [0.5, 0.6) is 11.5 Å². The molecule has 0 unspecified atom stereocenters. The third-order valence-electron chi connectivity index (χ3n) is 3.87. The number of hydrogen-bond donors (Lipinski definition) is 1. The highest BCUT2D eigenvalue weighted by molar-refractivity contribution is 6.76. The summed E-state index contributed by atoms with van der Waals surface area (Å²) in [6, 6.07) is 6.36. The Morgan fingerprint density at radius 2 is 1.88 bits per heavy atom. The van der Waals surface area contributed by atoms with Crippen LogP contribution < -0.4 is 9.47 Å². The van der Waals surface area contributed by atoms with Crippen LogP contribution in [0.1, 0.15) is 10.6 Å². The summed E-state index contributed by atoms with van der Waals surface area (Å²) in [7, 11) is 1.92. The zero-order valence-electron chi connectivity index (χ0n) is 15.9. The summed E-state index contributed by atoms with van der Waals surface area (Å²) in [5.74, 6) is 0.0138. The fourth-order valence-corrected chi connectivity index (χ4v) is 3.12. The monoisotopic (exact) mass is 378 g/mol. The zero-order valence-corrected chi connectivity index (χ0v) is 16.9. The average molecular weight is 379 g/mol. The number of rotatable bonds is 9. The molecule has 0 atom stereocenters. The maximum atomic E-state index is 11.5. The molecule has 1 heterocycles. The Bertz CT molecular complexity index is 767. The van der Waals surface area contributed by atoms with Gasteiger partial charge in [0.25, 0.3) is 0 Å². The van der Waals surface area contributed by atoms with Crippen LogP contribution in [0.2, 0.25) is 25.7 Å². The van der Waals surface area contributed by atoms with E-state index in [1.54, 1.807) is 32.5 Å². The molecule has 0 aliphatic carbocycles.